The van der Waals surface area contributed by atoms with Crippen molar-refractivity contribution in [2.45, 2.75) is 85.5 Å². The Morgan fingerprint density at radius 3 is 2.25 bits per heavy atom. The van der Waals surface area contributed by atoms with E-state index in [4.69, 9.17) is 9.47 Å². The lowest BCUT2D eigenvalue weighted by atomic mass is 9.95. The Bertz CT molecular complexity index is 925. The van der Waals surface area contributed by atoms with E-state index in [0.717, 1.165) is 11.1 Å². The first-order chi connectivity index (χ1) is 16.7. The minimum atomic E-state index is -1.33. The van der Waals surface area contributed by atoms with Crippen molar-refractivity contribution >= 4 is 23.9 Å². The summed E-state index contributed by atoms with van der Waals surface area (Å²) in [6, 6.07) is 2.64. The van der Waals surface area contributed by atoms with Crippen LogP contribution in [0.5, 0.6) is 0 Å². The lowest BCUT2D eigenvalue weighted by Crippen LogP contribution is -2.56. The zero-order valence-electron chi connectivity index (χ0n) is 22.6. The van der Waals surface area contributed by atoms with Crippen molar-refractivity contribution in [3.05, 3.63) is 34.9 Å². The van der Waals surface area contributed by atoms with E-state index in [1.54, 1.807) is 47.6 Å². The third kappa shape index (κ3) is 9.49. The van der Waals surface area contributed by atoms with Crippen LogP contribution in [0.15, 0.2) is 18.2 Å². The summed E-state index contributed by atoms with van der Waals surface area (Å²) in [5, 5.41) is 15.1. The SMILES string of the molecule is CCOC(=O)CCNC(=O)C(c1ccc(C)cc1C)N(C(=O)C(CO)NC(=O)OC(C)(C)C)C(C)C. The molecule has 202 valence electrons. The van der Waals surface area contributed by atoms with Crippen LogP contribution in [-0.4, -0.2) is 71.3 Å². The van der Waals surface area contributed by atoms with Crippen molar-refractivity contribution in [3.63, 3.8) is 0 Å². The molecule has 0 heterocycles. The van der Waals surface area contributed by atoms with Crippen LogP contribution in [0.4, 0.5) is 4.79 Å². The summed E-state index contributed by atoms with van der Waals surface area (Å²) in [7, 11) is 0. The zero-order chi connectivity index (χ0) is 27.6. The third-order valence-corrected chi connectivity index (χ3v) is 5.16. The summed E-state index contributed by atoms with van der Waals surface area (Å²) in [5.74, 6) is -1.59. The van der Waals surface area contributed by atoms with Gasteiger partial charge in [-0.1, -0.05) is 23.8 Å². The fourth-order valence-corrected chi connectivity index (χ4v) is 3.66. The molecule has 10 heteroatoms. The molecule has 10 nitrogen and oxygen atoms in total. The van der Waals surface area contributed by atoms with Crippen LogP contribution in [0.1, 0.15) is 70.7 Å². The van der Waals surface area contributed by atoms with Gasteiger partial charge in [0.15, 0.2) is 0 Å². The normalized spacial score (nSPS) is 12.9. The Balaban J connectivity index is 3.34. The predicted molar refractivity (Wildman–Crippen MR) is 135 cm³/mol. The van der Waals surface area contributed by atoms with Crippen molar-refractivity contribution in [2.24, 2.45) is 0 Å². The number of alkyl carbamates (subject to hydrolysis) is 1. The maximum atomic E-state index is 13.6. The predicted octanol–water partition coefficient (Wildman–Crippen LogP) is 2.54. The molecule has 3 amide bonds. The smallest absolute Gasteiger partial charge is 0.408 e. The fraction of sp³-hybridized carbons (Fsp3) is 0.615. The lowest BCUT2D eigenvalue weighted by molar-refractivity contribution is -0.146. The highest BCUT2D eigenvalue weighted by molar-refractivity contribution is 5.92. The van der Waals surface area contributed by atoms with Gasteiger partial charge in [0, 0.05) is 12.6 Å². The van der Waals surface area contributed by atoms with Crippen LogP contribution < -0.4 is 10.6 Å². The Labute approximate surface area is 213 Å². The Morgan fingerprint density at radius 2 is 1.75 bits per heavy atom. The van der Waals surface area contributed by atoms with Crippen LogP contribution in [0.3, 0.4) is 0 Å². The number of aliphatic hydroxyl groups excluding tert-OH is 1. The highest BCUT2D eigenvalue weighted by Gasteiger charge is 2.38. The molecule has 0 aliphatic heterocycles. The van der Waals surface area contributed by atoms with Gasteiger partial charge in [-0.3, -0.25) is 14.4 Å². The average molecular weight is 508 g/mol. The maximum absolute atomic E-state index is 13.6. The quantitative estimate of drug-likeness (QED) is 0.392. The molecule has 1 aromatic rings. The van der Waals surface area contributed by atoms with Gasteiger partial charge in [-0.2, -0.15) is 0 Å². The minimum absolute atomic E-state index is 0.0196. The average Bonchev–Trinajstić information content (AvgIpc) is 2.74. The fourth-order valence-electron chi connectivity index (χ4n) is 3.66. The first-order valence-corrected chi connectivity index (χ1v) is 12.1. The number of benzene rings is 1. The Morgan fingerprint density at radius 1 is 1.11 bits per heavy atom. The Hall–Kier alpha value is -3.14. The number of amides is 3. The van der Waals surface area contributed by atoms with E-state index < -0.39 is 54.2 Å². The largest absolute Gasteiger partial charge is 0.466 e. The van der Waals surface area contributed by atoms with E-state index in [9.17, 15) is 24.3 Å². The molecule has 0 bridgehead atoms. The van der Waals surface area contributed by atoms with Crippen LogP contribution in [0.2, 0.25) is 0 Å². The molecule has 3 N–H and O–H groups in total. The number of esters is 1. The minimum Gasteiger partial charge on any atom is -0.466 e. The molecule has 0 aliphatic carbocycles. The van der Waals surface area contributed by atoms with Crippen LogP contribution in [0.25, 0.3) is 0 Å². The summed E-state index contributed by atoms with van der Waals surface area (Å²) in [6.45, 7) is 13.5. The number of rotatable bonds is 11. The molecule has 0 aromatic heterocycles. The number of aliphatic hydroxyl groups is 1. The molecule has 1 rings (SSSR count). The van der Waals surface area contributed by atoms with Gasteiger partial charge in [-0.05, 0) is 66.5 Å². The summed E-state index contributed by atoms with van der Waals surface area (Å²) >= 11 is 0. The molecule has 36 heavy (non-hydrogen) atoms. The molecule has 2 atom stereocenters. The van der Waals surface area contributed by atoms with Crippen LogP contribution >= 0.6 is 0 Å². The van der Waals surface area contributed by atoms with E-state index in [1.807, 2.05) is 26.0 Å². The molecule has 0 spiro atoms. The second-order valence-corrected chi connectivity index (χ2v) is 9.83. The van der Waals surface area contributed by atoms with Crippen molar-refractivity contribution in [1.29, 1.82) is 0 Å². The van der Waals surface area contributed by atoms with Gasteiger partial charge in [-0.15, -0.1) is 0 Å². The standard InChI is InChI=1S/C26H41N3O7/c1-9-35-21(31)12-13-27-23(32)22(19-11-10-17(4)14-18(19)5)29(16(2)3)24(33)20(15-30)28-25(34)36-26(6,7)8/h10-11,14,16,20,22,30H,9,12-13,15H2,1-8H3,(H,27,32)(H,28,34). The summed E-state index contributed by atoms with van der Waals surface area (Å²) in [4.78, 5) is 52.4. The number of carbonyl (C=O) groups is 4. The van der Waals surface area contributed by atoms with E-state index in [1.165, 1.54) is 4.90 Å². The van der Waals surface area contributed by atoms with Crippen LogP contribution in [-0.2, 0) is 23.9 Å². The number of nitrogens with zero attached hydrogens (tertiary/aromatic N) is 1. The van der Waals surface area contributed by atoms with Crippen LogP contribution in [0, 0.1) is 13.8 Å². The topological polar surface area (TPSA) is 134 Å². The summed E-state index contributed by atoms with van der Waals surface area (Å²) in [5.41, 5.74) is 1.57. The monoisotopic (exact) mass is 507 g/mol. The number of hydrogen-bond acceptors (Lipinski definition) is 7. The first kappa shape index (κ1) is 30.9. The molecule has 0 aliphatic rings. The Kier molecular flexibility index (Phi) is 11.9. The van der Waals surface area contributed by atoms with E-state index in [0.29, 0.717) is 5.56 Å². The third-order valence-electron chi connectivity index (χ3n) is 5.16. The van der Waals surface area contributed by atoms with Crippen molar-refractivity contribution < 1.29 is 33.8 Å². The van der Waals surface area contributed by atoms with Gasteiger partial charge in [0.2, 0.25) is 11.8 Å². The van der Waals surface area contributed by atoms with Crippen molar-refractivity contribution in [2.75, 3.05) is 19.8 Å². The number of carbonyl (C=O) groups excluding carboxylic acids is 4. The number of aryl methyl sites for hydroxylation is 2. The maximum Gasteiger partial charge on any atom is 0.408 e. The molecular formula is C26H41N3O7. The van der Waals surface area contributed by atoms with Gasteiger partial charge < -0.3 is 30.1 Å². The van der Waals surface area contributed by atoms with Gasteiger partial charge in [0.25, 0.3) is 0 Å². The zero-order valence-corrected chi connectivity index (χ0v) is 22.6. The number of nitrogens with one attached hydrogen (secondary N) is 2. The first-order valence-electron chi connectivity index (χ1n) is 12.1. The van der Waals surface area contributed by atoms with Gasteiger partial charge >= 0.3 is 12.1 Å². The van der Waals surface area contributed by atoms with Gasteiger partial charge in [0.05, 0.1) is 19.6 Å². The molecule has 0 fully saturated rings. The summed E-state index contributed by atoms with van der Waals surface area (Å²) < 4.78 is 10.1. The van der Waals surface area contributed by atoms with Gasteiger partial charge in [-0.25, -0.2) is 4.79 Å². The second kappa shape index (κ2) is 13.8. The molecular weight excluding hydrogens is 466 g/mol. The van der Waals surface area contributed by atoms with E-state index in [2.05, 4.69) is 10.6 Å². The van der Waals surface area contributed by atoms with E-state index in [-0.39, 0.29) is 19.6 Å². The molecule has 1 aromatic carbocycles. The second-order valence-electron chi connectivity index (χ2n) is 9.83. The lowest BCUT2D eigenvalue weighted by Gasteiger charge is -2.37. The molecule has 0 saturated carbocycles. The van der Waals surface area contributed by atoms with Gasteiger partial charge in [0.1, 0.15) is 17.7 Å². The highest BCUT2D eigenvalue weighted by Crippen LogP contribution is 2.28. The highest BCUT2D eigenvalue weighted by atomic mass is 16.6. The number of ether oxygens (including phenoxy) is 2. The van der Waals surface area contributed by atoms with Crippen molar-refractivity contribution in [1.82, 2.24) is 15.5 Å². The molecule has 0 radical (unpaired) electrons. The number of hydrogen-bond donors (Lipinski definition) is 3. The molecule has 0 saturated heterocycles. The summed E-state index contributed by atoms with van der Waals surface area (Å²) in [6.07, 6.45) is -0.880. The van der Waals surface area contributed by atoms with Crippen molar-refractivity contribution in [3.8, 4) is 0 Å². The molecule has 2 unspecified atom stereocenters. The van der Waals surface area contributed by atoms with E-state index >= 15 is 0 Å².